The van der Waals surface area contributed by atoms with Gasteiger partial charge in [0.15, 0.2) is 0 Å². The van der Waals surface area contributed by atoms with Crippen molar-refractivity contribution in [3.8, 4) is 0 Å². The highest BCUT2D eigenvalue weighted by molar-refractivity contribution is 4.63. The van der Waals surface area contributed by atoms with Crippen molar-refractivity contribution in [1.82, 2.24) is 0 Å². The third-order valence-corrected chi connectivity index (χ3v) is 4.36. The molecule has 0 heterocycles. The van der Waals surface area contributed by atoms with Crippen LogP contribution in [0.1, 0.15) is 105 Å². The van der Waals surface area contributed by atoms with Crippen LogP contribution in [0.25, 0.3) is 0 Å². The summed E-state index contributed by atoms with van der Waals surface area (Å²) in [5.41, 5.74) is 0. The van der Waals surface area contributed by atoms with Gasteiger partial charge in [-0.2, -0.15) is 0 Å². The Balaban J connectivity index is 3.76. The molecule has 0 heteroatoms. The monoisotopic (exact) mass is 268 g/mol. The molecule has 0 saturated heterocycles. The first-order chi connectivity index (χ1) is 9.10. The predicted molar refractivity (Wildman–Crippen MR) is 89.6 cm³/mol. The molecule has 0 aliphatic rings. The fraction of sp³-hybridized carbons (Fsp3) is 1.00. The van der Waals surface area contributed by atoms with Crippen molar-refractivity contribution < 1.29 is 0 Å². The minimum absolute atomic E-state index is 0.871. The Morgan fingerprint density at radius 2 is 1.21 bits per heavy atom. The standard InChI is InChI=1S/C19H40/c1-6-8-10-14-19(13-9-7-2)15-11-12-18(5)16-17(3)4/h17-19H,6-16H2,1-5H3. The van der Waals surface area contributed by atoms with E-state index in [4.69, 9.17) is 0 Å². The summed E-state index contributed by atoms with van der Waals surface area (Å²) in [4.78, 5) is 0. The second-order valence-electron chi connectivity index (χ2n) is 7.17. The average Bonchev–Trinajstić information content (AvgIpc) is 2.34. The van der Waals surface area contributed by atoms with E-state index in [1.165, 1.54) is 70.6 Å². The van der Waals surface area contributed by atoms with Crippen LogP contribution in [0.15, 0.2) is 0 Å². The van der Waals surface area contributed by atoms with E-state index < -0.39 is 0 Å². The van der Waals surface area contributed by atoms with Crippen LogP contribution in [0.2, 0.25) is 0 Å². The maximum absolute atomic E-state index is 2.44. The zero-order valence-electron chi connectivity index (χ0n) is 14.5. The van der Waals surface area contributed by atoms with Gasteiger partial charge in [0, 0.05) is 0 Å². The molecule has 0 amide bonds. The normalized spacial score (nSPS) is 14.8. The Kier molecular flexibility index (Phi) is 13.0. The largest absolute Gasteiger partial charge is 0.0654 e. The predicted octanol–water partition coefficient (Wildman–Crippen LogP) is 7.23. The molecule has 0 aliphatic heterocycles. The molecule has 0 bridgehead atoms. The molecule has 0 nitrogen and oxygen atoms in total. The first-order valence-corrected chi connectivity index (χ1v) is 9.10. The van der Waals surface area contributed by atoms with Gasteiger partial charge in [0.05, 0.1) is 0 Å². The molecule has 2 unspecified atom stereocenters. The van der Waals surface area contributed by atoms with Crippen LogP contribution < -0.4 is 0 Å². The summed E-state index contributed by atoms with van der Waals surface area (Å²) in [6.45, 7) is 11.8. The van der Waals surface area contributed by atoms with Crippen molar-refractivity contribution in [3.63, 3.8) is 0 Å². The van der Waals surface area contributed by atoms with Gasteiger partial charge in [-0.25, -0.2) is 0 Å². The lowest BCUT2D eigenvalue weighted by Gasteiger charge is -2.18. The molecule has 0 spiro atoms. The van der Waals surface area contributed by atoms with E-state index in [9.17, 15) is 0 Å². The number of rotatable bonds is 13. The summed E-state index contributed by atoms with van der Waals surface area (Å²) in [7, 11) is 0. The van der Waals surface area contributed by atoms with Crippen molar-refractivity contribution in [1.29, 1.82) is 0 Å². The lowest BCUT2D eigenvalue weighted by atomic mass is 9.88. The second kappa shape index (κ2) is 13.0. The lowest BCUT2D eigenvalue weighted by Crippen LogP contribution is -2.04. The van der Waals surface area contributed by atoms with E-state index in [0.717, 1.165) is 17.8 Å². The average molecular weight is 269 g/mol. The Bertz CT molecular complexity index is 171. The molecule has 0 rings (SSSR count). The van der Waals surface area contributed by atoms with Gasteiger partial charge in [-0.15, -0.1) is 0 Å². The lowest BCUT2D eigenvalue weighted by molar-refractivity contribution is 0.343. The molecular formula is C19H40. The number of unbranched alkanes of at least 4 members (excludes halogenated alkanes) is 3. The quantitative estimate of drug-likeness (QED) is 0.309. The SMILES string of the molecule is CCCCCC(CCCC)CCCC(C)CC(C)C. The van der Waals surface area contributed by atoms with Crippen molar-refractivity contribution in [3.05, 3.63) is 0 Å². The Labute approximate surface area is 123 Å². The fourth-order valence-corrected chi connectivity index (χ4v) is 3.29. The smallest absolute Gasteiger partial charge is 0.0414 e. The Hall–Kier alpha value is 0. The summed E-state index contributed by atoms with van der Waals surface area (Å²) in [5, 5.41) is 0. The van der Waals surface area contributed by atoms with E-state index in [2.05, 4.69) is 34.6 Å². The van der Waals surface area contributed by atoms with Crippen LogP contribution in [0.3, 0.4) is 0 Å². The minimum Gasteiger partial charge on any atom is -0.0654 e. The summed E-state index contributed by atoms with van der Waals surface area (Å²) in [5.74, 6) is 2.83. The zero-order chi connectivity index (χ0) is 14.5. The molecule has 116 valence electrons. The van der Waals surface area contributed by atoms with Gasteiger partial charge in [-0.3, -0.25) is 0 Å². The highest BCUT2D eigenvalue weighted by atomic mass is 14.2. The number of hydrogen-bond donors (Lipinski definition) is 0. The van der Waals surface area contributed by atoms with Crippen LogP contribution in [0.5, 0.6) is 0 Å². The van der Waals surface area contributed by atoms with Crippen LogP contribution in [-0.2, 0) is 0 Å². The summed E-state index contributed by atoms with van der Waals surface area (Å²) >= 11 is 0. The summed E-state index contributed by atoms with van der Waals surface area (Å²) in [6, 6.07) is 0. The zero-order valence-corrected chi connectivity index (χ0v) is 14.5. The Morgan fingerprint density at radius 3 is 1.79 bits per heavy atom. The maximum Gasteiger partial charge on any atom is -0.0414 e. The van der Waals surface area contributed by atoms with E-state index >= 15 is 0 Å². The van der Waals surface area contributed by atoms with Gasteiger partial charge in [0.25, 0.3) is 0 Å². The first-order valence-electron chi connectivity index (χ1n) is 9.10. The van der Waals surface area contributed by atoms with E-state index in [1.807, 2.05) is 0 Å². The van der Waals surface area contributed by atoms with E-state index in [-0.39, 0.29) is 0 Å². The van der Waals surface area contributed by atoms with Crippen LogP contribution >= 0.6 is 0 Å². The van der Waals surface area contributed by atoms with Gasteiger partial charge in [0.1, 0.15) is 0 Å². The molecule has 0 aromatic rings. The van der Waals surface area contributed by atoms with Crippen LogP contribution in [-0.4, -0.2) is 0 Å². The summed E-state index contributed by atoms with van der Waals surface area (Å²) in [6.07, 6.45) is 15.9. The molecule has 0 aromatic heterocycles. The highest BCUT2D eigenvalue weighted by Crippen LogP contribution is 2.25. The Morgan fingerprint density at radius 1 is 0.632 bits per heavy atom. The van der Waals surface area contributed by atoms with Crippen molar-refractivity contribution in [2.24, 2.45) is 17.8 Å². The van der Waals surface area contributed by atoms with Gasteiger partial charge < -0.3 is 0 Å². The van der Waals surface area contributed by atoms with Gasteiger partial charge in [0.2, 0.25) is 0 Å². The molecule has 2 atom stereocenters. The topological polar surface area (TPSA) is 0 Å². The van der Waals surface area contributed by atoms with Crippen LogP contribution in [0, 0.1) is 17.8 Å². The molecule has 0 N–H and O–H groups in total. The molecule has 0 aliphatic carbocycles. The molecule has 0 fully saturated rings. The van der Waals surface area contributed by atoms with Gasteiger partial charge >= 0.3 is 0 Å². The fourth-order valence-electron chi connectivity index (χ4n) is 3.29. The highest BCUT2D eigenvalue weighted by Gasteiger charge is 2.10. The molecule has 0 aromatic carbocycles. The van der Waals surface area contributed by atoms with Crippen molar-refractivity contribution in [2.45, 2.75) is 105 Å². The third kappa shape index (κ3) is 12.8. The van der Waals surface area contributed by atoms with Crippen molar-refractivity contribution >= 4 is 0 Å². The van der Waals surface area contributed by atoms with Gasteiger partial charge in [-0.05, 0) is 24.2 Å². The molecule has 0 radical (unpaired) electrons. The van der Waals surface area contributed by atoms with Gasteiger partial charge in [-0.1, -0.05) is 98.8 Å². The second-order valence-corrected chi connectivity index (χ2v) is 7.17. The van der Waals surface area contributed by atoms with Crippen molar-refractivity contribution in [2.75, 3.05) is 0 Å². The van der Waals surface area contributed by atoms with E-state index in [1.54, 1.807) is 0 Å². The molecular weight excluding hydrogens is 228 g/mol. The van der Waals surface area contributed by atoms with Crippen LogP contribution in [0.4, 0.5) is 0 Å². The number of hydrogen-bond acceptors (Lipinski definition) is 0. The maximum atomic E-state index is 2.44. The summed E-state index contributed by atoms with van der Waals surface area (Å²) < 4.78 is 0. The van der Waals surface area contributed by atoms with E-state index in [0.29, 0.717) is 0 Å². The molecule has 0 saturated carbocycles. The third-order valence-electron chi connectivity index (χ3n) is 4.36. The minimum atomic E-state index is 0.871. The molecule has 19 heavy (non-hydrogen) atoms. The first kappa shape index (κ1) is 19.0.